The maximum Gasteiger partial charge on any atom is 0.237 e. The minimum Gasteiger partial charge on any atom is -0.354 e. The van der Waals surface area contributed by atoms with Crippen LogP contribution < -0.4 is 11.1 Å². The van der Waals surface area contributed by atoms with Crippen molar-refractivity contribution in [2.24, 2.45) is 11.1 Å². The summed E-state index contributed by atoms with van der Waals surface area (Å²) in [4.78, 5) is 12.1. The molecule has 1 aromatic rings. The predicted molar refractivity (Wildman–Crippen MR) is 82.8 cm³/mol. The number of halogens is 1. The first-order valence-corrected chi connectivity index (χ1v) is 7.42. The smallest absolute Gasteiger partial charge is 0.237 e. The molecular weight excluding hydrogens is 272 g/mol. The van der Waals surface area contributed by atoms with E-state index in [-0.39, 0.29) is 16.7 Å². The Hall–Kier alpha value is -1.06. The standard InChI is InChI=1S/C16H23ClN2O/c1-15(2,3)13(18)14(20)19-10-16(8-9-16)11-4-6-12(17)7-5-11/h4-7,13H,8-10,18H2,1-3H3,(H,19,20)/t13-/m1/s1. The minimum atomic E-state index is -0.483. The van der Waals surface area contributed by atoms with Gasteiger partial charge < -0.3 is 11.1 Å². The summed E-state index contributed by atoms with van der Waals surface area (Å²) in [7, 11) is 0. The van der Waals surface area contributed by atoms with Crippen molar-refractivity contribution in [3.05, 3.63) is 34.9 Å². The largest absolute Gasteiger partial charge is 0.354 e. The molecule has 1 aliphatic carbocycles. The van der Waals surface area contributed by atoms with Crippen LogP contribution in [0.25, 0.3) is 0 Å². The van der Waals surface area contributed by atoms with Gasteiger partial charge in [-0.1, -0.05) is 44.5 Å². The Bertz CT molecular complexity index is 486. The molecule has 1 aliphatic rings. The average molecular weight is 295 g/mol. The van der Waals surface area contributed by atoms with Crippen molar-refractivity contribution in [3.63, 3.8) is 0 Å². The summed E-state index contributed by atoms with van der Waals surface area (Å²) in [6.07, 6.45) is 2.19. The first kappa shape index (κ1) is 15.3. The maximum absolute atomic E-state index is 12.1. The quantitative estimate of drug-likeness (QED) is 0.897. The lowest BCUT2D eigenvalue weighted by atomic mass is 9.86. The van der Waals surface area contributed by atoms with Gasteiger partial charge in [-0.3, -0.25) is 4.79 Å². The zero-order valence-electron chi connectivity index (χ0n) is 12.4. The molecule has 0 radical (unpaired) electrons. The highest BCUT2D eigenvalue weighted by Gasteiger charge is 2.44. The molecule has 4 heteroatoms. The second kappa shape index (κ2) is 5.38. The van der Waals surface area contributed by atoms with Crippen LogP contribution in [0.15, 0.2) is 24.3 Å². The third kappa shape index (κ3) is 3.33. The molecule has 110 valence electrons. The fourth-order valence-electron chi connectivity index (χ4n) is 2.28. The first-order chi connectivity index (χ1) is 9.24. The molecular formula is C16H23ClN2O. The number of carbonyl (C=O) groups is 1. The summed E-state index contributed by atoms with van der Waals surface area (Å²) in [6, 6.07) is 7.42. The van der Waals surface area contributed by atoms with Gasteiger partial charge in [-0.25, -0.2) is 0 Å². The van der Waals surface area contributed by atoms with Crippen LogP contribution in [0.1, 0.15) is 39.2 Å². The maximum atomic E-state index is 12.1. The normalized spacial score (nSPS) is 18.4. The second-order valence-corrected chi connectivity index (χ2v) is 7.29. The van der Waals surface area contributed by atoms with Gasteiger partial charge in [0.15, 0.2) is 0 Å². The zero-order valence-corrected chi connectivity index (χ0v) is 13.1. The fraction of sp³-hybridized carbons (Fsp3) is 0.562. The number of nitrogens with two attached hydrogens (primary N) is 1. The lowest BCUT2D eigenvalue weighted by Crippen LogP contribution is -2.50. The third-order valence-electron chi connectivity index (χ3n) is 4.13. The third-order valence-corrected chi connectivity index (χ3v) is 4.38. The van der Waals surface area contributed by atoms with Crippen LogP contribution in [0.4, 0.5) is 0 Å². The van der Waals surface area contributed by atoms with E-state index in [2.05, 4.69) is 5.32 Å². The Labute approximate surface area is 125 Å². The minimum absolute atomic E-state index is 0.0715. The Morgan fingerprint density at radius 3 is 2.35 bits per heavy atom. The molecule has 1 amide bonds. The fourth-order valence-corrected chi connectivity index (χ4v) is 2.41. The average Bonchev–Trinajstić information content (AvgIpc) is 3.16. The number of rotatable bonds is 4. The summed E-state index contributed by atoms with van der Waals surface area (Å²) in [5.41, 5.74) is 7.08. The molecule has 0 spiro atoms. The molecule has 0 bridgehead atoms. The van der Waals surface area contributed by atoms with Crippen molar-refractivity contribution in [1.82, 2.24) is 5.32 Å². The number of benzene rings is 1. The number of carbonyl (C=O) groups excluding carboxylic acids is 1. The molecule has 0 saturated heterocycles. The summed E-state index contributed by atoms with van der Waals surface area (Å²) in [5.74, 6) is -0.0715. The molecule has 3 nitrogen and oxygen atoms in total. The highest BCUT2D eigenvalue weighted by Crippen LogP contribution is 2.47. The molecule has 1 aromatic carbocycles. The monoisotopic (exact) mass is 294 g/mol. The molecule has 1 saturated carbocycles. The Balaban J connectivity index is 1.97. The zero-order chi connectivity index (χ0) is 15.0. The summed E-state index contributed by atoms with van der Waals surface area (Å²) < 4.78 is 0. The van der Waals surface area contributed by atoms with Crippen LogP contribution in [0.5, 0.6) is 0 Å². The molecule has 0 unspecified atom stereocenters. The highest BCUT2D eigenvalue weighted by molar-refractivity contribution is 6.30. The van der Waals surface area contributed by atoms with Crippen molar-refractivity contribution >= 4 is 17.5 Å². The van der Waals surface area contributed by atoms with Gasteiger partial charge in [0.25, 0.3) is 0 Å². The summed E-state index contributed by atoms with van der Waals surface area (Å²) in [5, 5.41) is 3.75. The van der Waals surface area contributed by atoms with E-state index in [1.807, 2.05) is 45.0 Å². The predicted octanol–water partition coefficient (Wildman–Crippen LogP) is 2.86. The van der Waals surface area contributed by atoms with E-state index in [9.17, 15) is 4.79 Å². The van der Waals surface area contributed by atoms with Crippen LogP contribution in [0.2, 0.25) is 5.02 Å². The van der Waals surface area contributed by atoms with Crippen LogP contribution in [-0.2, 0) is 10.2 Å². The van der Waals surface area contributed by atoms with Crippen LogP contribution in [-0.4, -0.2) is 18.5 Å². The van der Waals surface area contributed by atoms with Crippen molar-refractivity contribution in [2.75, 3.05) is 6.54 Å². The number of hydrogen-bond acceptors (Lipinski definition) is 2. The topological polar surface area (TPSA) is 55.1 Å². The Kier molecular flexibility index (Phi) is 4.12. The molecule has 20 heavy (non-hydrogen) atoms. The van der Waals surface area contributed by atoms with Crippen molar-refractivity contribution < 1.29 is 4.79 Å². The first-order valence-electron chi connectivity index (χ1n) is 7.04. The molecule has 1 atom stereocenters. The second-order valence-electron chi connectivity index (χ2n) is 6.85. The van der Waals surface area contributed by atoms with E-state index in [4.69, 9.17) is 17.3 Å². The Morgan fingerprint density at radius 2 is 1.90 bits per heavy atom. The molecule has 0 aromatic heterocycles. The van der Waals surface area contributed by atoms with Gasteiger partial charge >= 0.3 is 0 Å². The van der Waals surface area contributed by atoms with E-state index in [0.29, 0.717) is 6.54 Å². The lowest BCUT2D eigenvalue weighted by molar-refractivity contribution is -0.124. The van der Waals surface area contributed by atoms with Gasteiger partial charge in [-0.15, -0.1) is 0 Å². The van der Waals surface area contributed by atoms with Gasteiger partial charge in [0.2, 0.25) is 5.91 Å². The van der Waals surface area contributed by atoms with Crippen molar-refractivity contribution in [2.45, 2.75) is 45.1 Å². The van der Waals surface area contributed by atoms with Gasteiger partial charge in [-0.2, -0.15) is 0 Å². The van der Waals surface area contributed by atoms with E-state index >= 15 is 0 Å². The van der Waals surface area contributed by atoms with Crippen LogP contribution in [0, 0.1) is 5.41 Å². The Morgan fingerprint density at radius 1 is 1.35 bits per heavy atom. The summed E-state index contributed by atoms with van der Waals surface area (Å²) in [6.45, 7) is 6.58. The van der Waals surface area contributed by atoms with E-state index < -0.39 is 6.04 Å². The van der Waals surface area contributed by atoms with Crippen LogP contribution in [0.3, 0.4) is 0 Å². The van der Waals surface area contributed by atoms with Gasteiger partial charge in [0.1, 0.15) is 0 Å². The molecule has 1 fully saturated rings. The molecule has 0 heterocycles. The summed E-state index contributed by atoms with van der Waals surface area (Å²) >= 11 is 5.92. The van der Waals surface area contributed by atoms with Crippen molar-refractivity contribution in [3.8, 4) is 0 Å². The number of nitrogens with one attached hydrogen (secondary N) is 1. The van der Waals surface area contributed by atoms with Gasteiger partial charge in [0, 0.05) is 17.0 Å². The molecule has 0 aliphatic heterocycles. The number of hydrogen-bond donors (Lipinski definition) is 2. The van der Waals surface area contributed by atoms with Gasteiger partial charge in [0.05, 0.1) is 6.04 Å². The molecule has 3 N–H and O–H groups in total. The lowest BCUT2D eigenvalue weighted by Gasteiger charge is -2.27. The molecule has 2 rings (SSSR count). The number of amides is 1. The van der Waals surface area contributed by atoms with E-state index in [0.717, 1.165) is 17.9 Å². The van der Waals surface area contributed by atoms with Crippen LogP contribution >= 0.6 is 11.6 Å². The van der Waals surface area contributed by atoms with E-state index in [1.54, 1.807) is 0 Å². The van der Waals surface area contributed by atoms with Gasteiger partial charge in [-0.05, 0) is 36.0 Å². The van der Waals surface area contributed by atoms with E-state index in [1.165, 1.54) is 5.56 Å². The highest BCUT2D eigenvalue weighted by atomic mass is 35.5. The van der Waals surface area contributed by atoms with Crippen molar-refractivity contribution in [1.29, 1.82) is 0 Å². The SMILES string of the molecule is CC(C)(C)[C@H](N)C(=O)NCC1(c2ccc(Cl)cc2)CC1.